The molecule has 0 saturated heterocycles. The van der Waals surface area contributed by atoms with Gasteiger partial charge in [-0.15, -0.1) is 0 Å². The molecule has 0 amide bonds. The minimum absolute atomic E-state index is 0.852. The van der Waals surface area contributed by atoms with Crippen LogP contribution in [0.2, 0.25) is 0 Å². The summed E-state index contributed by atoms with van der Waals surface area (Å²) in [4.78, 5) is 4.13. The molecule has 2 aromatic rings. The van der Waals surface area contributed by atoms with Crippen LogP contribution in [0.5, 0.6) is 0 Å². The van der Waals surface area contributed by atoms with E-state index in [0.717, 1.165) is 24.3 Å². The molecule has 4 nitrogen and oxygen atoms in total. The van der Waals surface area contributed by atoms with Gasteiger partial charge < -0.3 is 5.32 Å². The molecule has 0 unspecified atom stereocenters. The summed E-state index contributed by atoms with van der Waals surface area (Å²) in [5.74, 6) is 0. The Hall–Kier alpha value is -1.68. The van der Waals surface area contributed by atoms with Crippen molar-refractivity contribution in [3.8, 4) is 11.3 Å². The Morgan fingerprint density at radius 2 is 2.22 bits per heavy atom. The molecule has 0 aliphatic carbocycles. The topological polar surface area (TPSA) is 53.6 Å². The van der Waals surface area contributed by atoms with E-state index in [4.69, 9.17) is 0 Å². The number of H-pyrrole nitrogens is 1. The molecule has 2 aromatic heterocycles. The third-order valence-electron chi connectivity index (χ3n) is 2.94. The van der Waals surface area contributed by atoms with E-state index in [1.807, 2.05) is 24.5 Å². The average Bonchev–Trinajstić information content (AvgIpc) is 2.88. The largest absolute Gasteiger partial charge is 0.313 e. The van der Waals surface area contributed by atoms with Crippen molar-refractivity contribution in [1.29, 1.82) is 0 Å². The highest BCUT2D eigenvalue weighted by atomic mass is 15.1. The highest BCUT2D eigenvalue weighted by Gasteiger charge is 2.06. The van der Waals surface area contributed by atoms with Crippen LogP contribution in [0.3, 0.4) is 0 Å². The second-order valence-electron chi connectivity index (χ2n) is 4.40. The van der Waals surface area contributed by atoms with Crippen LogP contribution in [0.1, 0.15) is 31.7 Å². The number of aromatic nitrogens is 3. The molecule has 0 radical (unpaired) electrons. The van der Waals surface area contributed by atoms with Gasteiger partial charge in [-0.1, -0.05) is 19.8 Å². The Balaban J connectivity index is 1.92. The fourth-order valence-corrected chi connectivity index (χ4v) is 1.93. The minimum atomic E-state index is 0.852. The van der Waals surface area contributed by atoms with E-state index in [2.05, 4.69) is 27.4 Å². The standard InChI is InChI=1S/C14H20N4/c1-2-3-4-7-15-10-13-11-17-18-14(13)12-6-5-8-16-9-12/h5-6,8-9,11,15H,2-4,7,10H2,1H3,(H,17,18). The predicted molar refractivity (Wildman–Crippen MR) is 73.1 cm³/mol. The highest BCUT2D eigenvalue weighted by Crippen LogP contribution is 2.19. The van der Waals surface area contributed by atoms with E-state index in [-0.39, 0.29) is 0 Å². The molecule has 2 heterocycles. The van der Waals surface area contributed by atoms with E-state index in [1.54, 1.807) is 6.20 Å². The van der Waals surface area contributed by atoms with Gasteiger partial charge in [0.15, 0.2) is 0 Å². The second kappa shape index (κ2) is 6.91. The Morgan fingerprint density at radius 1 is 1.28 bits per heavy atom. The molecule has 18 heavy (non-hydrogen) atoms. The van der Waals surface area contributed by atoms with Gasteiger partial charge in [0.2, 0.25) is 0 Å². The molecule has 0 spiro atoms. The normalized spacial score (nSPS) is 10.7. The van der Waals surface area contributed by atoms with E-state index in [1.165, 1.54) is 24.8 Å². The Labute approximate surface area is 108 Å². The van der Waals surface area contributed by atoms with Crippen LogP contribution < -0.4 is 5.32 Å². The maximum Gasteiger partial charge on any atom is 0.0710 e. The first-order valence-corrected chi connectivity index (χ1v) is 6.55. The zero-order chi connectivity index (χ0) is 12.6. The maximum absolute atomic E-state index is 4.13. The molecule has 0 fully saturated rings. The summed E-state index contributed by atoms with van der Waals surface area (Å²) >= 11 is 0. The van der Waals surface area contributed by atoms with E-state index >= 15 is 0 Å². The van der Waals surface area contributed by atoms with Crippen molar-refractivity contribution in [1.82, 2.24) is 20.5 Å². The van der Waals surface area contributed by atoms with Gasteiger partial charge >= 0.3 is 0 Å². The van der Waals surface area contributed by atoms with Crippen molar-refractivity contribution in [2.24, 2.45) is 0 Å². The monoisotopic (exact) mass is 244 g/mol. The Morgan fingerprint density at radius 3 is 3.00 bits per heavy atom. The van der Waals surface area contributed by atoms with Crippen LogP contribution in [0.4, 0.5) is 0 Å². The zero-order valence-electron chi connectivity index (χ0n) is 10.8. The lowest BCUT2D eigenvalue weighted by Crippen LogP contribution is -2.14. The average molecular weight is 244 g/mol. The Kier molecular flexibility index (Phi) is 4.90. The molecule has 0 aromatic carbocycles. The molecule has 0 bridgehead atoms. The van der Waals surface area contributed by atoms with E-state index < -0.39 is 0 Å². The number of hydrogen-bond acceptors (Lipinski definition) is 3. The number of nitrogens with one attached hydrogen (secondary N) is 2. The number of nitrogens with zero attached hydrogens (tertiary/aromatic N) is 2. The molecular weight excluding hydrogens is 224 g/mol. The first-order valence-electron chi connectivity index (χ1n) is 6.55. The van der Waals surface area contributed by atoms with Gasteiger partial charge in [0.25, 0.3) is 0 Å². The van der Waals surface area contributed by atoms with Crippen molar-refractivity contribution < 1.29 is 0 Å². The van der Waals surface area contributed by atoms with Crippen LogP contribution in [-0.2, 0) is 6.54 Å². The van der Waals surface area contributed by atoms with Crippen LogP contribution in [0.25, 0.3) is 11.3 Å². The molecule has 2 rings (SSSR count). The molecular formula is C14H20N4. The summed E-state index contributed by atoms with van der Waals surface area (Å²) in [7, 11) is 0. The van der Waals surface area contributed by atoms with Crippen molar-refractivity contribution in [3.63, 3.8) is 0 Å². The maximum atomic E-state index is 4.13. The highest BCUT2D eigenvalue weighted by molar-refractivity contribution is 5.61. The number of unbranched alkanes of at least 4 members (excludes halogenated alkanes) is 2. The van der Waals surface area contributed by atoms with E-state index in [9.17, 15) is 0 Å². The molecule has 0 aliphatic heterocycles. The van der Waals surface area contributed by atoms with Gasteiger partial charge in [0.1, 0.15) is 0 Å². The van der Waals surface area contributed by atoms with Crippen LogP contribution in [0, 0.1) is 0 Å². The molecule has 4 heteroatoms. The van der Waals surface area contributed by atoms with Gasteiger partial charge in [0.05, 0.1) is 11.9 Å². The molecule has 0 aliphatic rings. The molecule has 2 N–H and O–H groups in total. The molecule has 96 valence electrons. The zero-order valence-corrected chi connectivity index (χ0v) is 10.8. The van der Waals surface area contributed by atoms with Crippen LogP contribution in [-0.4, -0.2) is 21.7 Å². The minimum Gasteiger partial charge on any atom is -0.313 e. The summed E-state index contributed by atoms with van der Waals surface area (Å²) in [6, 6.07) is 3.98. The van der Waals surface area contributed by atoms with Crippen molar-refractivity contribution in [2.45, 2.75) is 32.7 Å². The molecule has 0 saturated carbocycles. The van der Waals surface area contributed by atoms with Gasteiger partial charge in [-0.25, -0.2) is 0 Å². The first-order chi connectivity index (χ1) is 8.92. The van der Waals surface area contributed by atoms with Crippen molar-refractivity contribution in [2.75, 3.05) is 6.54 Å². The SMILES string of the molecule is CCCCCNCc1cn[nH]c1-c1cccnc1. The third-order valence-corrected chi connectivity index (χ3v) is 2.94. The fourth-order valence-electron chi connectivity index (χ4n) is 1.93. The summed E-state index contributed by atoms with van der Waals surface area (Å²) in [6.45, 7) is 4.13. The molecule has 0 atom stereocenters. The smallest absolute Gasteiger partial charge is 0.0710 e. The van der Waals surface area contributed by atoms with Gasteiger partial charge in [0, 0.05) is 30.1 Å². The summed E-state index contributed by atoms with van der Waals surface area (Å²) in [6.07, 6.45) is 9.30. The quantitative estimate of drug-likeness (QED) is 0.736. The lowest BCUT2D eigenvalue weighted by Gasteiger charge is -2.05. The number of aromatic amines is 1. The number of pyridine rings is 1. The first kappa shape index (κ1) is 12.8. The predicted octanol–water partition coefficient (Wildman–Crippen LogP) is 2.75. The number of hydrogen-bond donors (Lipinski definition) is 2. The van der Waals surface area contributed by atoms with Gasteiger partial charge in [-0.3, -0.25) is 10.1 Å². The van der Waals surface area contributed by atoms with Crippen LogP contribution >= 0.6 is 0 Å². The fraction of sp³-hybridized carbons (Fsp3) is 0.429. The second-order valence-corrected chi connectivity index (χ2v) is 4.40. The number of rotatable bonds is 7. The van der Waals surface area contributed by atoms with E-state index in [0.29, 0.717) is 0 Å². The van der Waals surface area contributed by atoms with Crippen molar-refractivity contribution in [3.05, 3.63) is 36.3 Å². The summed E-state index contributed by atoms with van der Waals surface area (Å²) in [5.41, 5.74) is 3.34. The third kappa shape index (κ3) is 3.40. The van der Waals surface area contributed by atoms with Crippen molar-refractivity contribution >= 4 is 0 Å². The van der Waals surface area contributed by atoms with Gasteiger partial charge in [-0.2, -0.15) is 5.10 Å². The summed E-state index contributed by atoms with van der Waals surface area (Å²) < 4.78 is 0. The Bertz CT molecular complexity index is 450. The van der Waals surface area contributed by atoms with Gasteiger partial charge in [-0.05, 0) is 25.1 Å². The lowest BCUT2D eigenvalue weighted by molar-refractivity contribution is 0.617. The van der Waals surface area contributed by atoms with Crippen LogP contribution in [0.15, 0.2) is 30.7 Å². The summed E-state index contributed by atoms with van der Waals surface area (Å²) in [5, 5.41) is 10.6. The lowest BCUT2D eigenvalue weighted by atomic mass is 10.1.